The Balaban J connectivity index is 1.86. The Hall–Kier alpha value is -0.570. The first-order chi connectivity index (χ1) is 11.5. The van der Waals surface area contributed by atoms with Gasteiger partial charge in [0.25, 0.3) is 0 Å². The van der Waals surface area contributed by atoms with Crippen LogP contribution in [0.2, 0.25) is 25.1 Å². The summed E-state index contributed by atoms with van der Waals surface area (Å²) >= 11 is 31.4. The Labute approximate surface area is 165 Å². The number of hydrogen-bond acceptors (Lipinski definition) is 1. The second-order valence-electron chi connectivity index (χ2n) is 6.09. The number of halogens is 5. The van der Waals surface area contributed by atoms with Gasteiger partial charge in [0.05, 0.1) is 36.8 Å². The molecular formula is C18H12Cl5N. The normalized spacial score (nSPS) is 24.5. The monoisotopic (exact) mass is 417 g/mol. The molecule has 0 fully saturated rings. The molecule has 0 amide bonds. The first-order valence-corrected chi connectivity index (χ1v) is 9.42. The van der Waals surface area contributed by atoms with Gasteiger partial charge in [-0.25, -0.2) is 0 Å². The SMILES string of the molecule is Clc1ccc([C@@H]2Nc3c(Cl)cc(Cl)c(Cl)c3[C@@H]3C=CC[C@@H]32)cc1Cl. The van der Waals surface area contributed by atoms with Crippen LogP contribution in [0, 0.1) is 5.92 Å². The standard InChI is InChI=1S/C18H12Cl5N/c19-11-5-4-8(6-12(11)20)17-10-3-1-2-9(10)15-16(23)13(21)7-14(22)18(15)24-17/h1-2,4-7,9-10,17,24H,3H2/t9-,10+,17+/m1/s1. The van der Waals surface area contributed by atoms with Crippen molar-refractivity contribution in [2.24, 2.45) is 5.92 Å². The second-order valence-corrected chi connectivity index (χ2v) is 8.10. The molecule has 2 aromatic rings. The molecule has 0 unspecified atom stereocenters. The Morgan fingerprint density at radius 1 is 0.875 bits per heavy atom. The van der Waals surface area contributed by atoms with E-state index in [9.17, 15) is 0 Å². The molecule has 2 aromatic carbocycles. The Bertz CT molecular complexity index is 861. The Morgan fingerprint density at radius 3 is 2.42 bits per heavy atom. The van der Waals surface area contributed by atoms with Gasteiger partial charge in [-0.2, -0.15) is 0 Å². The molecule has 0 aromatic heterocycles. The lowest BCUT2D eigenvalue weighted by atomic mass is 9.77. The lowest BCUT2D eigenvalue weighted by Gasteiger charge is -2.38. The summed E-state index contributed by atoms with van der Waals surface area (Å²) in [5.41, 5.74) is 2.90. The highest BCUT2D eigenvalue weighted by Crippen LogP contribution is 2.55. The number of anilines is 1. The van der Waals surface area contributed by atoms with Crippen molar-refractivity contribution < 1.29 is 0 Å². The van der Waals surface area contributed by atoms with Gasteiger partial charge < -0.3 is 5.32 Å². The fourth-order valence-electron chi connectivity index (χ4n) is 3.70. The van der Waals surface area contributed by atoms with Crippen molar-refractivity contribution in [1.29, 1.82) is 0 Å². The summed E-state index contributed by atoms with van der Waals surface area (Å²) in [6, 6.07) is 7.49. The maximum atomic E-state index is 6.49. The molecule has 0 bridgehead atoms. The van der Waals surface area contributed by atoms with Crippen molar-refractivity contribution in [3.05, 3.63) is 72.7 Å². The lowest BCUT2D eigenvalue weighted by molar-refractivity contribution is 0.426. The number of nitrogens with one attached hydrogen (secondary N) is 1. The Kier molecular flexibility index (Phi) is 4.43. The van der Waals surface area contributed by atoms with Gasteiger partial charge in [-0.1, -0.05) is 76.2 Å². The summed E-state index contributed by atoms with van der Waals surface area (Å²) < 4.78 is 0. The average Bonchev–Trinajstić information content (AvgIpc) is 3.03. The first kappa shape index (κ1) is 16.9. The number of benzene rings is 2. The van der Waals surface area contributed by atoms with Crippen LogP contribution in [0.1, 0.15) is 29.5 Å². The quantitative estimate of drug-likeness (QED) is 0.367. The maximum absolute atomic E-state index is 6.49. The average molecular weight is 420 g/mol. The zero-order chi connectivity index (χ0) is 17.0. The molecule has 1 nitrogen and oxygen atoms in total. The van der Waals surface area contributed by atoms with Crippen molar-refractivity contribution in [1.82, 2.24) is 0 Å². The van der Waals surface area contributed by atoms with E-state index in [0.717, 1.165) is 23.2 Å². The molecule has 1 aliphatic carbocycles. The minimum absolute atomic E-state index is 0.0713. The van der Waals surface area contributed by atoms with Gasteiger partial charge >= 0.3 is 0 Å². The van der Waals surface area contributed by atoms with Crippen molar-refractivity contribution >= 4 is 63.7 Å². The highest BCUT2D eigenvalue weighted by Gasteiger charge is 2.40. The van der Waals surface area contributed by atoms with Gasteiger partial charge in [-0.05, 0) is 36.1 Å². The topological polar surface area (TPSA) is 12.0 Å². The van der Waals surface area contributed by atoms with E-state index < -0.39 is 0 Å². The van der Waals surface area contributed by atoms with Gasteiger partial charge in [-0.15, -0.1) is 0 Å². The molecule has 24 heavy (non-hydrogen) atoms. The summed E-state index contributed by atoms with van der Waals surface area (Å²) in [4.78, 5) is 0. The fourth-order valence-corrected chi connectivity index (χ4v) is 4.81. The van der Waals surface area contributed by atoms with Crippen molar-refractivity contribution in [2.45, 2.75) is 18.4 Å². The van der Waals surface area contributed by atoms with E-state index in [1.165, 1.54) is 0 Å². The fraction of sp³-hybridized carbons (Fsp3) is 0.222. The summed E-state index contributed by atoms with van der Waals surface area (Å²) in [7, 11) is 0. The molecule has 1 aliphatic heterocycles. The van der Waals surface area contributed by atoms with Crippen molar-refractivity contribution in [2.75, 3.05) is 5.32 Å². The largest absolute Gasteiger partial charge is 0.376 e. The molecule has 6 heteroatoms. The van der Waals surface area contributed by atoms with Crippen LogP contribution in [0.25, 0.3) is 0 Å². The maximum Gasteiger partial charge on any atom is 0.0656 e. The molecule has 0 saturated carbocycles. The summed E-state index contributed by atoms with van der Waals surface area (Å²) in [6.07, 6.45) is 5.32. The third-order valence-electron chi connectivity index (χ3n) is 4.78. The molecule has 0 spiro atoms. The number of fused-ring (bicyclic) bond motifs is 3. The van der Waals surface area contributed by atoms with Gasteiger partial charge in [-0.3, -0.25) is 0 Å². The zero-order valence-electron chi connectivity index (χ0n) is 12.3. The van der Waals surface area contributed by atoms with Crippen LogP contribution in [-0.4, -0.2) is 0 Å². The molecule has 2 aliphatic rings. The zero-order valence-corrected chi connectivity index (χ0v) is 16.1. The minimum atomic E-state index is 0.0713. The Morgan fingerprint density at radius 2 is 1.67 bits per heavy atom. The highest BCUT2D eigenvalue weighted by atomic mass is 35.5. The van der Waals surface area contributed by atoms with E-state index >= 15 is 0 Å². The van der Waals surface area contributed by atoms with E-state index in [1.807, 2.05) is 18.2 Å². The number of rotatable bonds is 1. The first-order valence-electron chi connectivity index (χ1n) is 7.53. The molecule has 4 rings (SSSR count). The molecule has 1 N–H and O–H groups in total. The predicted molar refractivity (Wildman–Crippen MR) is 104 cm³/mol. The van der Waals surface area contributed by atoms with E-state index in [4.69, 9.17) is 58.0 Å². The van der Waals surface area contributed by atoms with E-state index in [-0.39, 0.29) is 12.0 Å². The smallest absolute Gasteiger partial charge is 0.0656 e. The van der Waals surface area contributed by atoms with Gasteiger partial charge in [0.2, 0.25) is 0 Å². The molecule has 1 heterocycles. The molecule has 3 atom stereocenters. The van der Waals surface area contributed by atoms with Gasteiger partial charge in [0, 0.05) is 11.5 Å². The van der Waals surface area contributed by atoms with Crippen LogP contribution in [-0.2, 0) is 0 Å². The predicted octanol–water partition coefficient (Wildman–Crippen LogP) is 7.78. The van der Waals surface area contributed by atoms with Crippen LogP contribution in [0.3, 0.4) is 0 Å². The lowest BCUT2D eigenvalue weighted by Crippen LogP contribution is -2.29. The third kappa shape index (κ3) is 2.62. The third-order valence-corrected chi connectivity index (χ3v) is 6.62. The van der Waals surface area contributed by atoms with Crippen LogP contribution in [0.5, 0.6) is 0 Å². The van der Waals surface area contributed by atoms with Crippen LogP contribution in [0.15, 0.2) is 36.4 Å². The van der Waals surface area contributed by atoms with E-state index in [0.29, 0.717) is 31.0 Å². The number of hydrogen-bond donors (Lipinski definition) is 1. The van der Waals surface area contributed by atoms with Crippen molar-refractivity contribution in [3.63, 3.8) is 0 Å². The van der Waals surface area contributed by atoms with Crippen molar-refractivity contribution in [3.8, 4) is 0 Å². The second kappa shape index (κ2) is 6.30. The molecular weight excluding hydrogens is 407 g/mol. The molecule has 0 radical (unpaired) electrons. The van der Waals surface area contributed by atoms with Gasteiger partial charge in [0.15, 0.2) is 0 Å². The van der Waals surface area contributed by atoms with E-state index in [1.54, 1.807) is 6.07 Å². The number of allylic oxidation sites excluding steroid dienone is 2. The summed E-state index contributed by atoms with van der Waals surface area (Å²) in [5, 5.41) is 6.26. The van der Waals surface area contributed by atoms with Crippen LogP contribution >= 0.6 is 58.0 Å². The highest BCUT2D eigenvalue weighted by molar-refractivity contribution is 6.45. The van der Waals surface area contributed by atoms with Gasteiger partial charge in [0.1, 0.15) is 0 Å². The molecule has 124 valence electrons. The van der Waals surface area contributed by atoms with Crippen LogP contribution < -0.4 is 5.32 Å². The summed E-state index contributed by atoms with van der Waals surface area (Å²) in [6.45, 7) is 0. The molecule has 0 saturated heterocycles. The summed E-state index contributed by atoms with van der Waals surface area (Å²) in [5.74, 6) is 0.492. The van der Waals surface area contributed by atoms with Crippen LogP contribution in [0.4, 0.5) is 5.69 Å². The minimum Gasteiger partial charge on any atom is -0.376 e. The van der Waals surface area contributed by atoms with E-state index in [2.05, 4.69) is 17.5 Å².